The third kappa shape index (κ3) is 3.16. The smallest absolute Gasteiger partial charge is 0.131 e. The Hall–Kier alpha value is -0.280. The van der Waals surface area contributed by atoms with E-state index in [0.29, 0.717) is 5.56 Å². The van der Waals surface area contributed by atoms with E-state index in [1.165, 1.54) is 6.07 Å². The third-order valence-electron chi connectivity index (χ3n) is 1.58. The van der Waals surface area contributed by atoms with Gasteiger partial charge < -0.3 is 0 Å². The Bertz CT molecular complexity index is 290. The normalized spacial score (nSPS) is 11.0. The highest BCUT2D eigenvalue weighted by atomic mass is 79.9. The van der Waals surface area contributed by atoms with Gasteiger partial charge in [0, 0.05) is 10.0 Å². The van der Waals surface area contributed by atoms with Crippen LogP contribution in [0.1, 0.15) is 12.0 Å². The first kappa shape index (κ1) is 10.8. The first-order valence-electron chi connectivity index (χ1n) is 3.97. The molecule has 0 heterocycles. The minimum absolute atomic E-state index is 0.204. The molecule has 0 amide bonds. The molecule has 0 saturated carbocycles. The van der Waals surface area contributed by atoms with E-state index in [0.717, 1.165) is 16.6 Å². The van der Waals surface area contributed by atoms with Crippen molar-refractivity contribution in [2.75, 3.05) is 5.75 Å². The third-order valence-corrected chi connectivity index (χ3v) is 2.53. The average molecular weight is 261 g/mol. The SMILES string of the molecule is Fc1cccc(Br)c1C=CCCS. The van der Waals surface area contributed by atoms with Crippen molar-refractivity contribution in [2.45, 2.75) is 6.42 Å². The number of halogens is 2. The molecule has 0 aromatic heterocycles. The lowest BCUT2D eigenvalue weighted by molar-refractivity contribution is 0.624. The Morgan fingerprint density at radius 1 is 1.46 bits per heavy atom. The van der Waals surface area contributed by atoms with Gasteiger partial charge in [-0.05, 0) is 24.3 Å². The number of allylic oxidation sites excluding steroid dienone is 1. The molecule has 0 spiro atoms. The molecule has 3 heteroatoms. The van der Waals surface area contributed by atoms with Gasteiger partial charge in [-0.2, -0.15) is 12.6 Å². The number of benzene rings is 1. The molecular formula is C10H10BrFS. The van der Waals surface area contributed by atoms with E-state index in [4.69, 9.17) is 0 Å². The lowest BCUT2D eigenvalue weighted by Gasteiger charge is -1.99. The molecule has 0 saturated heterocycles. The van der Waals surface area contributed by atoms with E-state index in [9.17, 15) is 4.39 Å². The summed E-state index contributed by atoms with van der Waals surface area (Å²) in [5.41, 5.74) is 0.601. The van der Waals surface area contributed by atoms with Gasteiger partial charge >= 0.3 is 0 Å². The number of hydrogen-bond donors (Lipinski definition) is 1. The minimum atomic E-state index is -0.204. The molecule has 0 aliphatic rings. The first-order valence-corrected chi connectivity index (χ1v) is 5.39. The largest absolute Gasteiger partial charge is 0.206 e. The Morgan fingerprint density at radius 3 is 2.85 bits per heavy atom. The molecule has 0 aliphatic heterocycles. The molecule has 0 nitrogen and oxygen atoms in total. The van der Waals surface area contributed by atoms with Crippen LogP contribution in [0.4, 0.5) is 4.39 Å². The summed E-state index contributed by atoms with van der Waals surface area (Å²) in [7, 11) is 0. The molecule has 1 rings (SSSR count). The van der Waals surface area contributed by atoms with Crippen molar-refractivity contribution in [2.24, 2.45) is 0 Å². The Labute approximate surface area is 91.4 Å². The molecule has 0 bridgehead atoms. The van der Waals surface area contributed by atoms with Crippen LogP contribution in [-0.2, 0) is 0 Å². The molecule has 0 radical (unpaired) electrons. The molecule has 0 N–H and O–H groups in total. The predicted molar refractivity (Wildman–Crippen MR) is 61.6 cm³/mol. The molecule has 1 aromatic carbocycles. The van der Waals surface area contributed by atoms with Gasteiger partial charge in [0.25, 0.3) is 0 Å². The summed E-state index contributed by atoms with van der Waals surface area (Å²) in [6.45, 7) is 0. The van der Waals surface area contributed by atoms with E-state index in [2.05, 4.69) is 28.6 Å². The number of thiol groups is 1. The van der Waals surface area contributed by atoms with Crippen LogP contribution < -0.4 is 0 Å². The average Bonchev–Trinajstić information content (AvgIpc) is 2.10. The highest BCUT2D eigenvalue weighted by Gasteiger charge is 2.00. The zero-order valence-electron chi connectivity index (χ0n) is 7.00. The van der Waals surface area contributed by atoms with Crippen LogP contribution in [0.5, 0.6) is 0 Å². The van der Waals surface area contributed by atoms with Crippen molar-refractivity contribution in [3.05, 3.63) is 40.1 Å². The van der Waals surface area contributed by atoms with E-state index < -0.39 is 0 Å². The zero-order chi connectivity index (χ0) is 9.68. The van der Waals surface area contributed by atoms with Crippen molar-refractivity contribution in [1.29, 1.82) is 0 Å². The van der Waals surface area contributed by atoms with Crippen LogP contribution in [0.25, 0.3) is 6.08 Å². The Balaban J connectivity index is 2.87. The fourth-order valence-electron chi connectivity index (χ4n) is 0.946. The van der Waals surface area contributed by atoms with Gasteiger partial charge in [-0.15, -0.1) is 0 Å². The van der Waals surface area contributed by atoms with Crippen LogP contribution in [0, 0.1) is 5.82 Å². The maximum Gasteiger partial charge on any atom is 0.131 e. The van der Waals surface area contributed by atoms with E-state index in [1.807, 2.05) is 12.1 Å². The van der Waals surface area contributed by atoms with Crippen molar-refractivity contribution in [3.8, 4) is 0 Å². The monoisotopic (exact) mass is 260 g/mol. The van der Waals surface area contributed by atoms with Crippen LogP contribution in [0.2, 0.25) is 0 Å². The van der Waals surface area contributed by atoms with Gasteiger partial charge in [0.1, 0.15) is 5.82 Å². The van der Waals surface area contributed by atoms with E-state index in [1.54, 1.807) is 12.1 Å². The quantitative estimate of drug-likeness (QED) is 0.783. The fraction of sp³-hybridized carbons (Fsp3) is 0.200. The van der Waals surface area contributed by atoms with Gasteiger partial charge in [-0.25, -0.2) is 4.39 Å². The summed E-state index contributed by atoms with van der Waals surface area (Å²) in [6.07, 6.45) is 4.54. The summed E-state index contributed by atoms with van der Waals surface area (Å²) < 4.78 is 14.0. The Morgan fingerprint density at radius 2 is 2.23 bits per heavy atom. The van der Waals surface area contributed by atoms with Gasteiger partial charge in [-0.3, -0.25) is 0 Å². The summed E-state index contributed by atoms with van der Waals surface area (Å²) in [4.78, 5) is 0. The lowest BCUT2D eigenvalue weighted by Crippen LogP contribution is -1.82. The van der Waals surface area contributed by atoms with E-state index in [-0.39, 0.29) is 5.82 Å². The fourth-order valence-corrected chi connectivity index (χ4v) is 1.57. The summed E-state index contributed by atoms with van der Waals surface area (Å²) in [6, 6.07) is 4.95. The second kappa shape index (κ2) is 5.45. The van der Waals surface area contributed by atoms with Crippen molar-refractivity contribution < 1.29 is 4.39 Å². The molecule has 13 heavy (non-hydrogen) atoms. The maximum atomic E-state index is 13.2. The standard InChI is InChI=1S/C10H10BrFS/c11-9-5-3-6-10(12)8(9)4-1-2-7-13/h1,3-6,13H,2,7H2. The molecule has 0 aliphatic carbocycles. The van der Waals surface area contributed by atoms with Crippen molar-refractivity contribution in [3.63, 3.8) is 0 Å². The predicted octanol–water partition coefficient (Wildman–Crippen LogP) is 3.92. The van der Waals surface area contributed by atoms with Crippen LogP contribution in [-0.4, -0.2) is 5.75 Å². The van der Waals surface area contributed by atoms with Crippen LogP contribution in [0.3, 0.4) is 0 Å². The van der Waals surface area contributed by atoms with Gasteiger partial charge in [0.2, 0.25) is 0 Å². The summed E-state index contributed by atoms with van der Waals surface area (Å²) >= 11 is 7.35. The maximum absolute atomic E-state index is 13.2. The van der Waals surface area contributed by atoms with Gasteiger partial charge in [0.05, 0.1) is 0 Å². The first-order chi connectivity index (χ1) is 6.25. The summed E-state index contributed by atoms with van der Waals surface area (Å²) in [5, 5.41) is 0. The molecule has 1 aromatic rings. The topological polar surface area (TPSA) is 0 Å². The zero-order valence-corrected chi connectivity index (χ0v) is 9.48. The molecule has 0 atom stereocenters. The van der Waals surface area contributed by atoms with Crippen LogP contribution in [0.15, 0.2) is 28.7 Å². The van der Waals surface area contributed by atoms with E-state index >= 15 is 0 Å². The second-order valence-corrected chi connectivity index (χ2v) is 3.85. The minimum Gasteiger partial charge on any atom is -0.206 e. The van der Waals surface area contributed by atoms with Crippen molar-refractivity contribution in [1.82, 2.24) is 0 Å². The number of rotatable bonds is 3. The Kier molecular flexibility index (Phi) is 4.53. The molecule has 0 unspecified atom stereocenters. The molecular weight excluding hydrogens is 251 g/mol. The number of hydrogen-bond acceptors (Lipinski definition) is 1. The molecule has 70 valence electrons. The van der Waals surface area contributed by atoms with Crippen LogP contribution >= 0.6 is 28.6 Å². The second-order valence-electron chi connectivity index (χ2n) is 2.55. The highest BCUT2D eigenvalue weighted by Crippen LogP contribution is 2.20. The van der Waals surface area contributed by atoms with Gasteiger partial charge in [-0.1, -0.05) is 34.1 Å². The van der Waals surface area contributed by atoms with Gasteiger partial charge in [0.15, 0.2) is 0 Å². The lowest BCUT2D eigenvalue weighted by atomic mass is 10.2. The highest BCUT2D eigenvalue weighted by molar-refractivity contribution is 9.10. The summed E-state index contributed by atoms with van der Waals surface area (Å²) in [5.74, 6) is 0.576. The van der Waals surface area contributed by atoms with Crippen molar-refractivity contribution >= 4 is 34.6 Å². The molecule has 0 fully saturated rings.